The summed E-state index contributed by atoms with van der Waals surface area (Å²) in [5.41, 5.74) is 0.896. The lowest BCUT2D eigenvalue weighted by molar-refractivity contribution is -0.118. The maximum Gasteiger partial charge on any atom is 0.234 e. The zero-order valence-corrected chi connectivity index (χ0v) is 18.1. The fraction of sp³-hybridized carbons (Fsp3) is 0.368. The van der Waals surface area contributed by atoms with Crippen LogP contribution >= 0.6 is 35.1 Å². The molecule has 0 unspecified atom stereocenters. The molecule has 5 nitrogen and oxygen atoms in total. The third-order valence-electron chi connectivity index (χ3n) is 3.87. The van der Waals surface area contributed by atoms with Crippen LogP contribution in [0.2, 0.25) is 0 Å². The maximum atomic E-state index is 12.9. The van der Waals surface area contributed by atoms with E-state index in [1.165, 1.54) is 11.3 Å². The molecule has 3 rings (SSSR count). The number of carbonyl (C=O) groups is 1. The minimum absolute atomic E-state index is 0. The van der Waals surface area contributed by atoms with Gasteiger partial charge in [-0.3, -0.25) is 9.69 Å². The molecule has 0 aliphatic rings. The average molecular weight is 426 g/mol. The molecule has 0 aliphatic heterocycles. The topological polar surface area (TPSA) is 45.7 Å². The second-order valence-corrected chi connectivity index (χ2v) is 8.21. The van der Waals surface area contributed by atoms with Crippen molar-refractivity contribution in [1.29, 1.82) is 0 Å². The van der Waals surface area contributed by atoms with Gasteiger partial charge in [-0.05, 0) is 50.7 Å². The molecule has 0 saturated heterocycles. The van der Waals surface area contributed by atoms with Crippen molar-refractivity contribution >= 4 is 56.3 Å². The highest BCUT2D eigenvalue weighted by Gasteiger charge is 2.20. The summed E-state index contributed by atoms with van der Waals surface area (Å²) in [6.45, 7) is 4.01. The number of halogens is 1. The largest absolute Gasteiger partial charge is 0.494 e. The molecule has 0 atom stereocenters. The standard InChI is InChI=1S/C19H23N3O2S2.ClH/c1-4-24-14-7-8-16-17(12-14)26-19(20-16)22(10-9-21(2)3)18(23)13-15-6-5-11-25-15;/h5-8,11-12H,4,9-10,13H2,1-3H3;1H. The Hall–Kier alpha value is -1.67. The molecule has 0 radical (unpaired) electrons. The third-order valence-corrected chi connectivity index (χ3v) is 5.79. The number of fused-ring (bicyclic) bond motifs is 1. The van der Waals surface area contributed by atoms with Crippen LogP contribution in [0.1, 0.15) is 11.8 Å². The van der Waals surface area contributed by atoms with E-state index in [4.69, 9.17) is 9.72 Å². The van der Waals surface area contributed by atoms with Crippen molar-refractivity contribution in [2.45, 2.75) is 13.3 Å². The first-order valence-corrected chi connectivity index (χ1v) is 10.3. The molecule has 0 N–H and O–H groups in total. The summed E-state index contributed by atoms with van der Waals surface area (Å²) in [5, 5.41) is 2.75. The summed E-state index contributed by atoms with van der Waals surface area (Å²) in [6, 6.07) is 9.85. The molecule has 1 amide bonds. The molecular weight excluding hydrogens is 402 g/mol. The summed E-state index contributed by atoms with van der Waals surface area (Å²) >= 11 is 3.15. The Balaban J connectivity index is 0.00000261. The molecule has 146 valence electrons. The third kappa shape index (κ3) is 5.65. The highest BCUT2D eigenvalue weighted by molar-refractivity contribution is 7.22. The summed E-state index contributed by atoms with van der Waals surface area (Å²) in [6.07, 6.45) is 0.408. The molecule has 27 heavy (non-hydrogen) atoms. The number of thiazole rings is 1. The van der Waals surface area contributed by atoms with Gasteiger partial charge in [0, 0.05) is 18.0 Å². The van der Waals surface area contributed by atoms with Crippen LogP contribution in [0.5, 0.6) is 5.75 Å². The molecular formula is C19H24ClN3O2S2. The van der Waals surface area contributed by atoms with E-state index in [1.807, 2.05) is 61.6 Å². The van der Waals surface area contributed by atoms with E-state index in [2.05, 4.69) is 4.90 Å². The first-order chi connectivity index (χ1) is 12.6. The van der Waals surface area contributed by atoms with Gasteiger partial charge in [-0.1, -0.05) is 17.4 Å². The van der Waals surface area contributed by atoms with E-state index in [9.17, 15) is 4.79 Å². The number of anilines is 1. The first kappa shape index (κ1) is 21.6. The second kappa shape index (κ2) is 10.0. The Kier molecular flexibility index (Phi) is 8.04. The fourth-order valence-electron chi connectivity index (χ4n) is 2.55. The number of aromatic nitrogens is 1. The van der Waals surface area contributed by atoms with Gasteiger partial charge in [-0.2, -0.15) is 0 Å². The Labute approximate surface area is 174 Å². The van der Waals surface area contributed by atoms with Gasteiger partial charge in [0.25, 0.3) is 0 Å². The molecule has 0 aliphatic carbocycles. The number of hydrogen-bond acceptors (Lipinski definition) is 6. The van der Waals surface area contributed by atoms with Gasteiger partial charge in [0.05, 0.1) is 23.2 Å². The van der Waals surface area contributed by atoms with Crippen LogP contribution < -0.4 is 9.64 Å². The van der Waals surface area contributed by atoms with Crippen molar-refractivity contribution in [3.63, 3.8) is 0 Å². The quantitative estimate of drug-likeness (QED) is 0.539. The predicted molar refractivity (Wildman–Crippen MR) is 117 cm³/mol. The van der Waals surface area contributed by atoms with Crippen LogP contribution in [-0.4, -0.2) is 49.6 Å². The molecule has 0 fully saturated rings. The van der Waals surface area contributed by atoms with E-state index in [1.54, 1.807) is 11.3 Å². The van der Waals surface area contributed by atoms with Crippen LogP contribution in [0.4, 0.5) is 5.13 Å². The lowest BCUT2D eigenvalue weighted by Crippen LogP contribution is -2.37. The Bertz CT molecular complexity index is 865. The minimum atomic E-state index is 0. The van der Waals surface area contributed by atoms with Crippen molar-refractivity contribution in [2.75, 3.05) is 38.7 Å². The van der Waals surface area contributed by atoms with Crippen LogP contribution in [0, 0.1) is 0 Å². The molecule has 2 heterocycles. The van der Waals surface area contributed by atoms with Crippen LogP contribution in [0.15, 0.2) is 35.7 Å². The highest BCUT2D eigenvalue weighted by atomic mass is 35.5. The number of thiophene rings is 1. The van der Waals surface area contributed by atoms with E-state index in [0.29, 0.717) is 19.6 Å². The summed E-state index contributed by atoms with van der Waals surface area (Å²) in [7, 11) is 4.02. The molecule has 0 bridgehead atoms. The SMILES string of the molecule is CCOc1ccc2nc(N(CCN(C)C)C(=O)Cc3cccs3)sc2c1.Cl. The van der Waals surface area contributed by atoms with Crippen LogP contribution in [0.3, 0.4) is 0 Å². The van der Waals surface area contributed by atoms with Gasteiger partial charge in [-0.15, -0.1) is 23.7 Å². The fourth-order valence-corrected chi connectivity index (χ4v) is 4.28. The zero-order valence-electron chi connectivity index (χ0n) is 15.7. The number of likely N-dealkylation sites (N-methyl/N-ethyl adjacent to an activating group) is 1. The maximum absolute atomic E-state index is 12.9. The number of benzene rings is 1. The predicted octanol–water partition coefficient (Wildman–Crippen LogP) is 4.32. The Morgan fingerprint density at radius 2 is 2.04 bits per heavy atom. The van der Waals surface area contributed by atoms with Gasteiger partial charge in [0.1, 0.15) is 5.75 Å². The minimum Gasteiger partial charge on any atom is -0.494 e. The van der Waals surface area contributed by atoms with Gasteiger partial charge in [0.15, 0.2) is 5.13 Å². The van der Waals surface area contributed by atoms with Gasteiger partial charge < -0.3 is 9.64 Å². The second-order valence-electron chi connectivity index (χ2n) is 6.16. The smallest absolute Gasteiger partial charge is 0.234 e. The Morgan fingerprint density at radius 3 is 2.70 bits per heavy atom. The van der Waals surface area contributed by atoms with E-state index < -0.39 is 0 Å². The average Bonchev–Trinajstić information content (AvgIpc) is 3.24. The van der Waals surface area contributed by atoms with E-state index >= 15 is 0 Å². The Morgan fingerprint density at radius 1 is 1.22 bits per heavy atom. The van der Waals surface area contributed by atoms with Crippen molar-refractivity contribution in [2.24, 2.45) is 0 Å². The number of carbonyl (C=O) groups excluding carboxylic acids is 1. The molecule has 8 heteroatoms. The molecule has 0 spiro atoms. The number of nitrogens with zero attached hydrogens (tertiary/aromatic N) is 3. The van der Waals surface area contributed by atoms with Crippen molar-refractivity contribution in [3.05, 3.63) is 40.6 Å². The molecule has 1 aromatic carbocycles. The van der Waals surface area contributed by atoms with Gasteiger partial charge in [-0.25, -0.2) is 4.98 Å². The number of rotatable bonds is 8. The normalized spacial score (nSPS) is 10.8. The van der Waals surface area contributed by atoms with Crippen molar-refractivity contribution in [1.82, 2.24) is 9.88 Å². The van der Waals surface area contributed by atoms with Crippen LogP contribution in [0.25, 0.3) is 10.2 Å². The summed E-state index contributed by atoms with van der Waals surface area (Å²) in [5.74, 6) is 0.915. The molecule has 3 aromatic rings. The van der Waals surface area contributed by atoms with Gasteiger partial charge >= 0.3 is 0 Å². The summed E-state index contributed by atoms with van der Waals surface area (Å²) < 4.78 is 6.61. The molecule has 2 aromatic heterocycles. The van der Waals surface area contributed by atoms with Crippen molar-refractivity contribution < 1.29 is 9.53 Å². The van der Waals surface area contributed by atoms with E-state index in [0.717, 1.165) is 32.5 Å². The van der Waals surface area contributed by atoms with E-state index in [-0.39, 0.29) is 18.3 Å². The number of hydrogen-bond donors (Lipinski definition) is 0. The van der Waals surface area contributed by atoms with Crippen molar-refractivity contribution in [3.8, 4) is 5.75 Å². The summed E-state index contributed by atoms with van der Waals surface area (Å²) in [4.78, 5) is 22.6. The monoisotopic (exact) mass is 425 g/mol. The zero-order chi connectivity index (χ0) is 18.5. The number of ether oxygens (including phenoxy) is 1. The lowest BCUT2D eigenvalue weighted by atomic mass is 10.3. The lowest BCUT2D eigenvalue weighted by Gasteiger charge is -2.21. The van der Waals surface area contributed by atoms with Gasteiger partial charge in [0.2, 0.25) is 5.91 Å². The highest BCUT2D eigenvalue weighted by Crippen LogP contribution is 2.32. The first-order valence-electron chi connectivity index (χ1n) is 8.57. The molecule has 0 saturated carbocycles. The number of amides is 1. The van der Waals surface area contributed by atoms with Crippen LogP contribution in [-0.2, 0) is 11.2 Å².